The average molecular weight is 319 g/mol. The molecule has 120 valence electrons. The first-order valence-electron chi connectivity index (χ1n) is 8.78. The van der Waals surface area contributed by atoms with Crippen LogP contribution in [0.15, 0.2) is 41.3 Å². The summed E-state index contributed by atoms with van der Waals surface area (Å²) in [4.78, 5) is 4.99. The van der Waals surface area contributed by atoms with Crippen LogP contribution in [0.3, 0.4) is 0 Å². The fourth-order valence-corrected chi connectivity index (χ4v) is 4.23. The quantitative estimate of drug-likeness (QED) is 0.609. The van der Waals surface area contributed by atoms with Crippen LogP contribution < -0.4 is 9.80 Å². The summed E-state index contributed by atoms with van der Waals surface area (Å²) < 4.78 is 0. The van der Waals surface area contributed by atoms with Crippen molar-refractivity contribution < 1.29 is 9.80 Å². The Labute approximate surface area is 139 Å². The van der Waals surface area contributed by atoms with Crippen LogP contribution in [0.1, 0.15) is 24.8 Å². The molecule has 3 rings (SSSR count). The highest BCUT2D eigenvalue weighted by Gasteiger charge is 2.25. The van der Waals surface area contributed by atoms with Gasteiger partial charge in [-0.1, -0.05) is 24.3 Å². The van der Waals surface area contributed by atoms with Gasteiger partial charge in [0.15, 0.2) is 0 Å². The maximum Gasteiger partial charge on any atom is 0.127 e. The summed E-state index contributed by atoms with van der Waals surface area (Å²) in [6.45, 7) is 8.00. The third kappa shape index (κ3) is 4.61. The summed E-state index contributed by atoms with van der Waals surface area (Å²) in [5, 5.41) is 0. The van der Waals surface area contributed by atoms with Gasteiger partial charge in [0.2, 0.25) is 0 Å². The van der Waals surface area contributed by atoms with Crippen LogP contribution >= 0.6 is 11.8 Å². The van der Waals surface area contributed by atoms with Gasteiger partial charge < -0.3 is 9.80 Å². The fraction of sp³-hybridized carbons (Fsp3) is 0.579. The molecule has 1 aromatic rings. The van der Waals surface area contributed by atoms with E-state index in [1.807, 2.05) is 16.7 Å². The Morgan fingerprint density at radius 1 is 1.00 bits per heavy atom. The molecule has 1 saturated heterocycles. The Balaban J connectivity index is 1.42. The Kier molecular flexibility index (Phi) is 5.99. The molecule has 1 fully saturated rings. The number of benzene rings is 1. The van der Waals surface area contributed by atoms with Crippen LogP contribution in [-0.4, -0.2) is 39.0 Å². The zero-order valence-corrected chi connectivity index (χ0v) is 14.6. The van der Waals surface area contributed by atoms with E-state index in [1.54, 1.807) is 4.90 Å². The zero-order valence-electron chi connectivity index (χ0n) is 13.8. The van der Waals surface area contributed by atoms with Crippen LogP contribution in [0.2, 0.25) is 0 Å². The second-order valence-corrected chi connectivity index (χ2v) is 7.76. The maximum absolute atomic E-state index is 2.40. The van der Waals surface area contributed by atoms with Crippen molar-refractivity contribution in [1.29, 1.82) is 0 Å². The number of quaternary nitrogens is 2. The Morgan fingerprint density at radius 2 is 1.73 bits per heavy atom. The maximum atomic E-state index is 2.40. The van der Waals surface area contributed by atoms with E-state index in [-0.39, 0.29) is 0 Å². The third-order valence-electron chi connectivity index (χ3n) is 5.23. The summed E-state index contributed by atoms with van der Waals surface area (Å²) in [5.74, 6) is 0.945. The fourth-order valence-electron chi connectivity index (χ4n) is 3.82. The monoisotopic (exact) mass is 318 g/mol. The molecular weight excluding hydrogens is 288 g/mol. The van der Waals surface area contributed by atoms with Gasteiger partial charge in [-0.15, -0.1) is 11.8 Å². The first-order chi connectivity index (χ1) is 10.8. The van der Waals surface area contributed by atoms with Gasteiger partial charge in [-0.3, -0.25) is 0 Å². The van der Waals surface area contributed by atoms with Crippen molar-refractivity contribution in [3.8, 4) is 0 Å². The van der Waals surface area contributed by atoms with Crippen LogP contribution in [-0.2, 0) is 6.54 Å². The Morgan fingerprint density at radius 3 is 2.36 bits per heavy atom. The van der Waals surface area contributed by atoms with E-state index in [0.717, 1.165) is 5.92 Å². The second-order valence-electron chi connectivity index (χ2n) is 6.88. The smallest absolute Gasteiger partial charge is 0.127 e. The lowest BCUT2D eigenvalue weighted by Gasteiger charge is -2.32. The molecule has 0 spiro atoms. The zero-order chi connectivity index (χ0) is 15.2. The average Bonchev–Trinajstić information content (AvgIpc) is 2.58. The summed E-state index contributed by atoms with van der Waals surface area (Å²) in [5.41, 5.74) is 1.49. The number of thioether (sulfide) groups is 1. The molecule has 1 aliphatic heterocycles. The molecule has 0 bridgehead atoms. The number of hydrogen-bond donors (Lipinski definition) is 2. The molecule has 2 N–H and O–H groups in total. The molecule has 0 aromatic heterocycles. The molecular formula is C19H30N2S+2. The Hall–Kier alpha value is -0.770. The predicted octanol–water partition coefficient (Wildman–Crippen LogP) is 1.05. The third-order valence-corrected chi connectivity index (χ3v) is 5.98. The standard InChI is InChI=1S/C19H28N2S/c1-22-19-9-7-18(8-10-19)16-21-13-11-20(12-14-21)15-17-5-3-2-4-6-17/h2-3,7-10,17H,4-6,11-16H2,1H3/p+2. The van der Waals surface area contributed by atoms with E-state index in [0.29, 0.717) is 0 Å². The number of hydrogen-bond acceptors (Lipinski definition) is 1. The van der Waals surface area contributed by atoms with Crippen LogP contribution in [0, 0.1) is 5.92 Å². The molecule has 1 heterocycles. The molecule has 1 unspecified atom stereocenters. The molecule has 1 aliphatic carbocycles. The summed E-state index contributed by atoms with van der Waals surface area (Å²) in [6.07, 6.45) is 10.9. The highest BCUT2D eigenvalue weighted by molar-refractivity contribution is 7.98. The number of rotatable bonds is 5. The molecule has 2 nitrogen and oxygen atoms in total. The van der Waals surface area contributed by atoms with Crippen molar-refractivity contribution >= 4 is 11.8 Å². The van der Waals surface area contributed by atoms with Crippen molar-refractivity contribution in [2.75, 3.05) is 39.0 Å². The van der Waals surface area contributed by atoms with Crippen molar-refractivity contribution in [1.82, 2.24) is 0 Å². The minimum atomic E-state index is 0.945. The van der Waals surface area contributed by atoms with Gasteiger partial charge in [0.1, 0.15) is 32.7 Å². The van der Waals surface area contributed by atoms with Gasteiger partial charge >= 0.3 is 0 Å². The van der Waals surface area contributed by atoms with E-state index < -0.39 is 0 Å². The minimum absolute atomic E-state index is 0.945. The van der Waals surface area contributed by atoms with Gasteiger partial charge in [-0.2, -0.15) is 0 Å². The first-order valence-corrected chi connectivity index (χ1v) is 10.0. The topological polar surface area (TPSA) is 8.88 Å². The summed E-state index contributed by atoms with van der Waals surface area (Å²) >= 11 is 1.83. The summed E-state index contributed by atoms with van der Waals surface area (Å²) in [6, 6.07) is 9.15. The van der Waals surface area contributed by atoms with Gasteiger partial charge in [-0.05, 0) is 37.7 Å². The number of allylic oxidation sites excluding steroid dienone is 2. The van der Waals surface area contributed by atoms with Crippen molar-refractivity contribution in [2.45, 2.75) is 30.7 Å². The lowest BCUT2D eigenvalue weighted by Crippen LogP contribution is -3.27. The SMILES string of the molecule is CSc1ccc(C[NH+]2CC[NH+](CC3CC=CCC3)CC2)cc1. The number of nitrogens with one attached hydrogen (secondary N) is 2. The van der Waals surface area contributed by atoms with Crippen LogP contribution in [0.25, 0.3) is 0 Å². The minimum Gasteiger partial charge on any atom is -0.325 e. The molecule has 1 aromatic carbocycles. The predicted molar refractivity (Wildman–Crippen MR) is 94.7 cm³/mol. The highest BCUT2D eigenvalue weighted by Crippen LogP contribution is 2.16. The Bertz CT molecular complexity index is 475. The van der Waals surface area contributed by atoms with E-state index in [1.165, 1.54) is 69.0 Å². The summed E-state index contributed by atoms with van der Waals surface area (Å²) in [7, 11) is 0. The lowest BCUT2D eigenvalue weighted by atomic mass is 9.94. The van der Waals surface area contributed by atoms with Crippen molar-refractivity contribution in [2.24, 2.45) is 5.92 Å². The van der Waals surface area contributed by atoms with Crippen LogP contribution in [0.4, 0.5) is 0 Å². The molecule has 22 heavy (non-hydrogen) atoms. The van der Waals surface area contributed by atoms with Gasteiger partial charge in [-0.25, -0.2) is 0 Å². The molecule has 1 atom stereocenters. The van der Waals surface area contributed by atoms with Gasteiger partial charge in [0.25, 0.3) is 0 Å². The molecule has 0 amide bonds. The largest absolute Gasteiger partial charge is 0.325 e. The highest BCUT2D eigenvalue weighted by atomic mass is 32.2. The molecule has 3 heteroatoms. The molecule has 0 saturated carbocycles. The van der Waals surface area contributed by atoms with Gasteiger partial charge in [0.05, 0.1) is 6.54 Å². The first kappa shape index (κ1) is 16.1. The van der Waals surface area contributed by atoms with E-state index in [4.69, 9.17) is 0 Å². The van der Waals surface area contributed by atoms with Crippen molar-refractivity contribution in [3.05, 3.63) is 42.0 Å². The normalized spacial score (nSPS) is 28.7. The molecule has 0 radical (unpaired) electrons. The second kappa shape index (κ2) is 8.19. The van der Waals surface area contributed by atoms with E-state index >= 15 is 0 Å². The number of piperazine rings is 1. The lowest BCUT2D eigenvalue weighted by molar-refractivity contribution is -1.02. The van der Waals surface area contributed by atoms with Crippen molar-refractivity contribution in [3.63, 3.8) is 0 Å². The molecule has 2 aliphatic rings. The van der Waals surface area contributed by atoms with Gasteiger partial charge in [0, 0.05) is 16.4 Å². The van der Waals surface area contributed by atoms with E-state index in [2.05, 4.69) is 42.7 Å². The van der Waals surface area contributed by atoms with Crippen LogP contribution in [0.5, 0.6) is 0 Å². The van der Waals surface area contributed by atoms with E-state index in [9.17, 15) is 0 Å².